The molecule has 1 aliphatic heterocycles. The minimum Gasteiger partial charge on any atom is -0.444 e. The van der Waals surface area contributed by atoms with Gasteiger partial charge in [0.25, 0.3) is 5.91 Å². The van der Waals surface area contributed by atoms with E-state index in [2.05, 4.69) is 27.0 Å². The molecule has 4 N–H and O–H groups in total. The van der Waals surface area contributed by atoms with Gasteiger partial charge in [-0.3, -0.25) is 9.59 Å². The maximum Gasteiger partial charge on any atom is 0.408 e. The number of alkyl carbamates (subject to hydrolysis) is 1. The lowest BCUT2D eigenvalue weighted by molar-refractivity contribution is -0.142. The van der Waals surface area contributed by atoms with E-state index >= 15 is 0 Å². The highest BCUT2D eigenvalue weighted by Crippen LogP contribution is 2.25. The third kappa shape index (κ3) is 8.77. The fraction of sp³-hybridized carbons (Fsp3) is 0.364. The first-order chi connectivity index (χ1) is 21.5. The second-order valence-electron chi connectivity index (χ2n) is 11.6. The highest BCUT2D eigenvalue weighted by atomic mass is 19.1. The summed E-state index contributed by atoms with van der Waals surface area (Å²) in [6.07, 6.45) is 0.283. The van der Waals surface area contributed by atoms with E-state index in [1.54, 1.807) is 69.3 Å². The number of aromatic nitrogens is 1. The monoisotopic (exact) mass is 616 g/mol. The predicted molar refractivity (Wildman–Crippen MR) is 166 cm³/mol. The Morgan fingerprint density at radius 1 is 1.16 bits per heavy atom. The number of aliphatic hydroxyl groups is 1. The van der Waals surface area contributed by atoms with Gasteiger partial charge in [0.15, 0.2) is 0 Å². The van der Waals surface area contributed by atoms with Gasteiger partial charge in [-0.15, -0.1) is 0 Å². The second kappa shape index (κ2) is 14.6. The molecule has 4 rings (SSSR count). The molecule has 236 valence electrons. The molecule has 2 aromatic carbocycles. The van der Waals surface area contributed by atoms with Crippen LogP contribution < -0.4 is 16.0 Å². The molecule has 45 heavy (non-hydrogen) atoms. The number of nitriles is 1. The highest BCUT2D eigenvalue weighted by molar-refractivity contribution is 5.99. The Morgan fingerprint density at radius 3 is 2.60 bits per heavy atom. The lowest BCUT2D eigenvalue weighted by Crippen LogP contribution is -2.61. The molecule has 0 saturated carbocycles. The fourth-order valence-electron chi connectivity index (χ4n) is 4.83. The lowest BCUT2D eigenvalue weighted by atomic mass is 10.0. The predicted octanol–water partition coefficient (Wildman–Crippen LogP) is 3.63. The summed E-state index contributed by atoms with van der Waals surface area (Å²) in [7, 11) is 0. The molecular formula is C33H37FN6O5. The molecule has 0 aliphatic carbocycles. The number of ether oxygens (including phenoxy) is 1. The van der Waals surface area contributed by atoms with Gasteiger partial charge in [-0.25, -0.2) is 14.2 Å². The molecule has 1 aromatic heterocycles. The van der Waals surface area contributed by atoms with Crippen molar-refractivity contribution in [2.24, 2.45) is 0 Å². The van der Waals surface area contributed by atoms with Crippen molar-refractivity contribution in [3.05, 3.63) is 83.2 Å². The first kappa shape index (κ1) is 32.9. The first-order valence-electron chi connectivity index (χ1n) is 14.7. The largest absolute Gasteiger partial charge is 0.444 e. The van der Waals surface area contributed by atoms with Crippen LogP contribution in [-0.2, 0) is 16.0 Å². The average molecular weight is 617 g/mol. The zero-order chi connectivity index (χ0) is 32.6. The van der Waals surface area contributed by atoms with E-state index in [9.17, 15) is 29.1 Å². The van der Waals surface area contributed by atoms with Crippen LogP contribution >= 0.6 is 0 Å². The Bertz CT molecular complexity index is 1580. The van der Waals surface area contributed by atoms with Gasteiger partial charge in [0, 0.05) is 25.2 Å². The molecule has 12 heteroatoms. The van der Waals surface area contributed by atoms with Crippen molar-refractivity contribution in [3.63, 3.8) is 0 Å². The van der Waals surface area contributed by atoms with Crippen LogP contribution in [0.15, 0.2) is 60.7 Å². The summed E-state index contributed by atoms with van der Waals surface area (Å²) in [6.45, 7) is 5.37. The van der Waals surface area contributed by atoms with E-state index in [0.29, 0.717) is 42.8 Å². The van der Waals surface area contributed by atoms with Crippen molar-refractivity contribution in [1.29, 1.82) is 5.26 Å². The number of benzene rings is 2. The number of halogens is 1. The van der Waals surface area contributed by atoms with E-state index in [4.69, 9.17) is 4.74 Å². The zero-order valence-electron chi connectivity index (χ0n) is 25.5. The fourth-order valence-corrected chi connectivity index (χ4v) is 4.83. The number of rotatable bonds is 11. The minimum atomic E-state index is -1.18. The SMILES string of the molecule is CC(C)(C)OC(=O)N[C@@H](CO)C(=O)N1CC[C@@H]1CNC(=O)c1ccc(-c2ccccc2C#N)nc1NCCc1cccc(F)c1. The van der Waals surface area contributed by atoms with Gasteiger partial charge in [0.05, 0.1) is 35.5 Å². The summed E-state index contributed by atoms with van der Waals surface area (Å²) in [5, 5.41) is 27.8. The van der Waals surface area contributed by atoms with Crippen molar-refractivity contribution >= 4 is 23.7 Å². The average Bonchev–Trinajstić information content (AvgIpc) is 2.98. The number of nitrogens with zero attached hydrogens (tertiary/aromatic N) is 3. The van der Waals surface area contributed by atoms with Crippen LogP contribution in [0.25, 0.3) is 11.3 Å². The highest BCUT2D eigenvalue weighted by Gasteiger charge is 2.37. The van der Waals surface area contributed by atoms with Gasteiger partial charge in [-0.1, -0.05) is 30.3 Å². The van der Waals surface area contributed by atoms with Crippen LogP contribution in [0, 0.1) is 17.1 Å². The smallest absolute Gasteiger partial charge is 0.408 e. The molecule has 0 radical (unpaired) electrons. The van der Waals surface area contributed by atoms with Gasteiger partial charge in [0.1, 0.15) is 23.3 Å². The molecule has 1 fully saturated rings. The Labute approximate surface area is 261 Å². The number of carbonyl (C=O) groups is 3. The summed E-state index contributed by atoms with van der Waals surface area (Å²) >= 11 is 0. The number of pyridine rings is 1. The van der Waals surface area contributed by atoms with Gasteiger partial charge in [-0.05, 0) is 69.5 Å². The van der Waals surface area contributed by atoms with E-state index < -0.39 is 36.2 Å². The molecule has 1 aliphatic rings. The van der Waals surface area contributed by atoms with Gasteiger partial charge >= 0.3 is 6.09 Å². The standard InChI is InChI=1S/C33H37FN6O5/c1-33(2,3)45-32(44)39-28(20-41)31(43)40-16-14-24(40)19-37-30(42)26-11-12-27(25-10-5-4-8-22(25)18-35)38-29(26)36-15-13-21-7-6-9-23(34)17-21/h4-12,17,24,28,41H,13-16,19-20H2,1-3H3,(H,36,38)(H,37,42)(H,39,44)/t24-,28+/m1/s1. The third-order valence-corrected chi connectivity index (χ3v) is 7.16. The molecular weight excluding hydrogens is 579 g/mol. The number of carbonyl (C=O) groups excluding carboxylic acids is 3. The van der Waals surface area contributed by atoms with Crippen molar-refractivity contribution in [2.45, 2.75) is 51.3 Å². The lowest BCUT2D eigenvalue weighted by Gasteiger charge is -2.42. The molecule has 2 atom stereocenters. The Balaban J connectivity index is 1.45. The summed E-state index contributed by atoms with van der Waals surface area (Å²) < 4.78 is 18.9. The summed E-state index contributed by atoms with van der Waals surface area (Å²) in [5.41, 5.74) is 1.81. The van der Waals surface area contributed by atoms with Crippen LogP contribution in [0.5, 0.6) is 0 Å². The van der Waals surface area contributed by atoms with E-state index in [-0.39, 0.29) is 29.8 Å². The Morgan fingerprint density at radius 2 is 1.93 bits per heavy atom. The second-order valence-corrected chi connectivity index (χ2v) is 11.6. The van der Waals surface area contributed by atoms with Crippen LogP contribution in [0.3, 0.4) is 0 Å². The number of anilines is 1. The number of amides is 3. The zero-order valence-corrected chi connectivity index (χ0v) is 25.5. The normalized spacial score (nSPS) is 14.8. The van der Waals surface area contributed by atoms with E-state index in [1.807, 2.05) is 0 Å². The number of aliphatic hydroxyl groups excluding tert-OH is 1. The summed E-state index contributed by atoms with van der Waals surface area (Å²) in [5.74, 6) is -0.954. The van der Waals surface area contributed by atoms with Crippen molar-refractivity contribution < 1.29 is 28.6 Å². The quantitative estimate of drug-likeness (QED) is 0.255. The van der Waals surface area contributed by atoms with Crippen LogP contribution in [0.1, 0.15) is 48.7 Å². The molecule has 1 saturated heterocycles. The molecule has 2 heterocycles. The summed E-state index contributed by atoms with van der Waals surface area (Å²) in [4.78, 5) is 44.7. The van der Waals surface area contributed by atoms with Crippen LogP contribution in [0.2, 0.25) is 0 Å². The maximum absolute atomic E-state index is 13.7. The van der Waals surface area contributed by atoms with E-state index in [1.165, 1.54) is 17.0 Å². The van der Waals surface area contributed by atoms with E-state index in [0.717, 1.165) is 5.56 Å². The number of hydrogen-bond donors (Lipinski definition) is 4. The van der Waals surface area contributed by atoms with Crippen LogP contribution in [-0.4, -0.2) is 76.8 Å². The Hall–Kier alpha value is -5.02. The maximum atomic E-state index is 13.7. The van der Waals surface area contributed by atoms with Gasteiger partial charge in [0.2, 0.25) is 5.91 Å². The molecule has 3 amide bonds. The van der Waals surface area contributed by atoms with Crippen LogP contribution in [0.4, 0.5) is 15.0 Å². The summed E-state index contributed by atoms with van der Waals surface area (Å²) in [6, 6.07) is 17.2. The van der Waals surface area contributed by atoms with Crippen molar-refractivity contribution in [2.75, 3.05) is 31.6 Å². The topological polar surface area (TPSA) is 157 Å². The van der Waals surface area contributed by atoms with Crippen molar-refractivity contribution in [3.8, 4) is 17.3 Å². The number of hydrogen-bond acceptors (Lipinski definition) is 8. The number of nitrogens with one attached hydrogen (secondary N) is 3. The molecule has 0 spiro atoms. The molecule has 0 bridgehead atoms. The van der Waals surface area contributed by atoms with Gasteiger partial charge in [-0.2, -0.15) is 5.26 Å². The number of likely N-dealkylation sites (tertiary alicyclic amines) is 1. The Kier molecular flexibility index (Phi) is 10.7. The van der Waals surface area contributed by atoms with Crippen molar-refractivity contribution in [1.82, 2.24) is 20.5 Å². The molecule has 0 unspecified atom stereocenters. The third-order valence-electron chi connectivity index (χ3n) is 7.16. The minimum absolute atomic E-state index is 0.136. The van der Waals surface area contributed by atoms with Gasteiger partial charge < -0.3 is 30.7 Å². The molecule has 11 nitrogen and oxygen atoms in total. The molecule has 3 aromatic rings. The first-order valence-corrected chi connectivity index (χ1v) is 14.7.